The Bertz CT molecular complexity index is 783. The maximum Gasteiger partial charge on any atom is 0.324 e. The molecule has 1 aliphatic heterocycles. The fraction of sp³-hybridized carbons (Fsp3) is 0.600. The van der Waals surface area contributed by atoms with Crippen molar-refractivity contribution in [3.63, 3.8) is 0 Å². The Morgan fingerprint density at radius 1 is 1.31 bits per heavy atom. The number of pyridine rings is 1. The summed E-state index contributed by atoms with van der Waals surface area (Å²) in [5, 5.41) is 0. The van der Waals surface area contributed by atoms with Gasteiger partial charge in [-0.1, -0.05) is 13.8 Å². The molecule has 0 aliphatic carbocycles. The molecule has 0 saturated carbocycles. The molecule has 1 fully saturated rings. The summed E-state index contributed by atoms with van der Waals surface area (Å²) >= 11 is 8.10. The minimum Gasteiger partial charge on any atom is -0.465 e. The first-order valence-electron chi connectivity index (χ1n) is 9.47. The molecule has 0 unspecified atom stereocenters. The highest BCUT2D eigenvalue weighted by Gasteiger charge is 2.62. The van der Waals surface area contributed by atoms with Crippen molar-refractivity contribution in [2.45, 2.75) is 52.6 Å². The fourth-order valence-corrected chi connectivity index (χ4v) is 5.70. The van der Waals surface area contributed by atoms with Crippen molar-refractivity contribution >= 4 is 61.5 Å². The molecule has 0 N–H and O–H groups in total. The smallest absolute Gasteiger partial charge is 0.324 e. The lowest BCUT2D eigenvalue weighted by Gasteiger charge is -2.24. The quantitative estimate of drug-likeness (QED) is 0.259. The molecule has 1 aromatic rings. The van der Waals surface area contributed by atoms with Crippen molar-refractivity contribution in [2.24, 2.45) is 11.3 Å². The second kappa shape index (κ2) is 9.92. The predicted molar refractivity (Wildman–Crippen MR) is 117 cm³/mol. The third-order valence-electron chi connectivity index (χ3n) is 4.87. The Balaban J connectivity index is 2.18. The van der Waals surface area contributed by atoms with Crippen LogP contribution in [0.1, 0.15) is 47.0 Å². The van der Waals surface area contributed by atoms with E-state index in [9.17, 15) is 14.4 Å². The van der Waals surface area contributed by atoms with Crippen molar-refractivity contribution in [3.8, 4) is 0 Å². The van der Waals surface area contributed by atoms with Gasteiger partial charge in [-0.05, 0) is 70.5 Å². The van der Waals surface area contributed by atoms with E-state index in [0.717, 1.165) is 8.95 Å². The number of esters is 2. The van der Waals surface area contributed by atoms with Gasteiger partial charge in [0.15, 0.2) is 41.1 Å². The molecule has 29 heavy (non-hydrogen) atoms. The molecular formula is C20H26Br2NO5S+. The summed E-state index contributed by atoms with van der Waals surface area (Å²) in [5.41, 5.74) is -2.76. The number of carbonyl (C=O) groups is 3. The summed E-state index contributed by atoms with van der Waals surface area (Å²) in [5.74, 6) is -1.09. The van der Waals surface area contributed by atoms with Crippen LogP contribution in [0.3, 0.4) is 0 Å². The maximum atomic E-state index is 13.0. The Morgan fingerprint density at radius 2 is 1.93 bits per heavy atom. The fourth-order valence-electron chi connectivity index (χ4n) is 3.24. The highest BCUT2D eigenvalue weighted by molar-refractivity contribution is 9.11. The van der Waals surface area contributed by atoms with Crippen molar-refractivity contribution in [3.05, 3.63) is 27.4 Å². The molecule has 1 saturated heterocycles. The first kappa shape index (κ1) is 24.3. The summed E-state index contributed by atoms with van der Waals surface area (Å²) in [6.07, 6.45) is 4.64. The van der Waals surface area contributed by atoms with Crippen LogP contribution < -0.4 is 3.97 Å². The number of hydrogen-bond acceptors (Lipinski definition) is 6. The topological polar surface area (TPSA) is 73.6 Å². The lowest BCUT2D eigenvalue weighted by atomic mass is 9.75. The normalized spacial score (nSPS) is 23.9. The number of aromatic nitrogens is 1. The molecule has 2 atom stereocenters. The Hall–Kier alpha value is -0.930. The van der Waals surface area contributed by atoms with Gasteiger partial charge in [-0.2, -0.15) is 0 Å². The van der Waals surface area contributed by atoms with Crippen LogP contribution in [0.25, 0.3) is 0 Å². The average molecular weight is 552 g/mol. The van der Waals surface area contributed by atoms with E-state index in [2.05, 4.69) is 31.9 Å². The monoisotopic (exact) mass is 550 g/mol. The van der Waals surface area contributed by atoms with Crippen molar-refractivity contribution in [2.75, 3.05) is 12.4 Å². The summed E-state index contributed by atoms with van der Waals surface area (Å²) in [7, 11) is 0. The molecule has 2 heterocycles. The first-order chi connectivity index (χ1) is 13.5. The molecule has 6 nitrogen and oxygen atoms in total. The average Bonchev–Trinajstić information content (AvgIpc) is 2.89. The summed E-state index contributed by atoms with van der Waals surface area (Å²) < 4.78 is 14.2. The van der Waals surface area contributed by atoms with Crippen LogP contribution in [-0.2, 0) is 23.9 Å². The van der Waals surface area contributed by atoms with Crippen LogP contribution >= 0.6 is 43.8 Å². The molecular weight excluding hydrogens is 526 g/mol. The van der Waals surface area contributed by atoms with Crippen LogP contribution in [0.2, 0.25) is 0 Å². The lowest BCUT2D eigenvalue weighted by Crippen LogP contribution is -2.41. The second-order valence-corrected chi connectivity index (χ2v) is 10.6. The Morgan fingerprint density at radius 3 is 2.48 bits per heavy atom. The third kappa shape index (κ3) is 5.82. The molecule has 0 amide bonds. The van der Waals surface area contributed by atoms with E-state index in [1.807, 2.05) is 32.3 Å². The number of ketones is 1. The summed E-state index contributed by atoms with van der Waals surface area (Å²) in [4.78, 5) is 38.5. The Labute approximate surface area is 192 Å². The zero-order valence-corrected chi connectivity index (χ0v) is 21.0. The van der Waals surface area contributed by atoms with Crippen LogP contribution in [0, 0.1) is 11.3 Å². The summed E-state index contributed by atoms with van der Waals surface area (Å²) in [6, 6.07) is 1.89. The number of Topliss-reactive ketones (excluding diaryl/α,β-unsaturated/α-hetero) is 1. The van der Waals surface area contributed by atoms with Gasteiger partial charge in [0.1, 0.15) is 5.75 Å². The van der Waals surface area contributed by atoms with Crippen LogP contribution in [0.4, 0.5) is 0 Å². The maximum absolute atomic E-state index is 13.0. The highest BCUT2D eigenvalue weighted by Crippen LogP contribution is 2.46. The zero-order valence-electron chi connectivity index (χ0n) is 17.0. The highest BCUT2D eigenvalue weighted by atomic mass is 79.9. The van der Waals surface area contributed by atoms with Gasteiger partial charge >= 0.3 is 11.9 Å². The summed E-state index contributed by atoms with van der Waals surface area (Å²) in [6.45, 7) is 7.50. The van der Waals surface area contributed by atoms with E-state index in [4.69, 9.17) is 9.47 Å². The molecule has 0 aromatic carbocycles. The van der Waals surface area contributed by atoms with Gasteiger partial charge in [0.25, 0.3) is 0 Å². The molecule has 0 spiro atoms. The number of carbonyl (C=O) groups excluding carboxylic acids is 3. The van der Waals surface area contributed by atoms with Crippen LogP contribution in [0.15, 0.2) is 27.4 Å². The predicted octanol–water partition coefficient (Wildman–Crippen LogP) is 4.26. The largest absolute Gasteiger partial charge is 0.465 e. The number of hydrogen-bond donors (Lipinski definition) is 0. The molecule has 2 rings (SSSR count). The van der Waals surface area contributed by atoms with E-state index in [-0.39, 0.29) is 24.6 Å². The van der Waals surface area contributed by atoms with Crippen LogP contribution in [0.5, 0.6) is 0 Å². The SMILES string of the molecule is CCOC(=O)[C@]1(CCC(C)C)C[C@@](C)(C(=O)CS[n+]2cc(Br)cc(Br)c2)OC1=O. The number of halogens is 2. The second-order valence-electron chi connectivity index (χ2n) is 7.76. The minimum atomic E-state index is -1.42. The van der Waals surface area contributed by atoms with Gasteiger partial charge in [0.2, 0.25) is 0 Å². The molecule has 1 aromatic heterocycles. The van der Waals surface area contributed by atoms with Crippen molar-refractivity contribution in [1.29, 1.82) is 0 Å². The van der Waals surface area contributed by atoms with E-state index < -0.39 is 23.0 Å². The molecule has 0 bridgehead atoms. The number of cyclic esters (lactones) is 1. The number of ether oxygens (including phenoxy) is 2. The van der Waals surface area contributed by atoms with Gasteiger partial charge < -0.3 is 9.47 Å². The van der Waals surface area contributed by atoms with Crippen molar-refractivity contribution < 1.29 is 27.8 Å². The standard InChI is InChI=1S/C20H26Br2NO5S/c1-5-27-17(25)20(7-6-13(2)3)12-19(4,28-18(20)26)16(24)11-29-23-9-14(21)8-15(22)10-23/h8-10,13H,5-7,11-12H2,1-4H3/q+1/t19-,20-/m0/s1. The minimum absolute atomic E-state index is 0.0105. The molecule has 0 radical (unpaired) electrons. The molecule has 9 heteroatoms. The van der Waals surface area contributed by atoms with Gasteiger partial charge in [-0.25, -0.2) is 0 Å². The number of nitrogens with zero attached hydrogens (tertiary/aromatic N) is 1. The van der Waals surface area contributed by atoms with E-state index >= 15 is 0 Å². The van der Waals surface area contributed by atoms with Gasteiger partial charge in [0, 0.05) is 6.42 Å². The Kier molecular flexibility index (Phi) is 8.32. The van der Waals surface area contributed by atoms with E-state index in [1.165, 1.54) is 11.9 Å². The van der Waals surface area contributed by atoms with E-state index in [0.29, 0.717) is 18.8 Å². The van der Waals surface area contributed by atoms with Gasteiger partial charge in [0.05, 0.1) is 15.6 Å². The first-order valence-corrected chi connectivity index (χ1v) is 12.0. The van der Waals surface area contributed by atoms with Gasteiger partial charge in [-0.3, -0.25) is 14.4 Å². The van der Waals surface area contributed by atoms with Crippen molar-refractivity contribution in [1.82, 2.24) is 0 Å². The molecule has 1 aliphatic rings. The molecule has 160 valence electrons. The van der Waals surface area contributed by atoms with Gasteiger partial charge in [-0.15, -0.1) is 3.97 Å². The van der Waals surface area contributed by atoms with E-state index in [1.54, 1.807) is 17.8 Å². The zero-order chi connectivity index (χ0) is 21.8. The lowest BCUT2D eigenvalue weighted by molar-refractivity contribution is -0.495. The third-order valence-corrected chi connectivity index (χ3v) is 6.64. The van der Waals surface area contributed by atoms with Crippen LogP contribution in [-0.4, -0.2) is 35.7 Å². The number of rotatable bonds is 9.